The Kier molecular flexibility index (Phi) is 4.59. The molecular formula is C12H18O3. The van der Waals surface area contributed by atoms with Crippen molar-refractivity contribution >= 4 is 0 Å². The van der Waals surface area contributed by atoms with E-state index in [9.17, 15) is 5.11 Å². The lowest BCUT2D eigenvalue weighted by Gasteiger charge is -2.18. The van der Waals surface area contributed by atoms with E-state index in [0.29, 0.717) is 6.61 Å². The summed E-state index contributed by atoms with van der Waals surface area (Å²) in [6.45, 7) is 2.49. The summed E-state index contributed by atoms with van der Waals surface area (Å²) < 4.78 is 10.1. The van der Waals surface area contributed by atoms with Crippen LogP contribution < -0.4 is 4.74 Å². The Hall–Kier alpha value is -1.06. The van der Waals surface area contributed by atoms with Gasteiger partial charge in [0.15, 0.2) is 0 Å². The minimum Gasteiger partial charge on any atom is -0.497 e. The van der Waals surface area contributed by atoms with Crippen LogP contribution in [-0.2, 0) is 4.74 Å². The lowest BCUT2D eigenvalue weighted by atomic mass is 9.98. The van der Waals surface area contributed by atoms with Gasteiger partial charge in [0.1, 0.15) is 5.75 Å². The monoisotopic (exact) mass is 210 g/mol. The smallest absolute Gasteiger partial charge is 0.119 e. The topological polar surface area (TPSA) is 38.7 Å². The molecular weight excluding hydrogens is 192 g/mol. The first-order chi connectivity index (χ1) is 7.19. The molecule has 0 saturated heterocycles. The van der Waals surface area contributed by atoms with E-state index in [1.165, 1.54) is 0 Å². The third-order valence-electron chi connectivity index (χ3n) is 2.40. The van der Waals surface area contributed by atoms with Gasteiger partial charge in [0.2, 0.25) is 0 Å². The quantitative estimate of drug-likeness (QED) is 0.808. The summed E-state index contributed by atoms with van der Waals surface area (Å²) in [6.07, 6.45) is -0.514. The molecule has 0 bridgehead atoms. The fourth-order valence-electron chi connectivity index (χ4n) is 1.51. The minimum absolute atomic E-state index is 0.0714. The summed E-state index contributed by atoms with van der Waals surface area (Å²) in [5.41, 5.74) is 0.860. The number of rotatable bonds is 5. The van der Waals surface area contributed by atoms with Gasteiger partial charge in [0.05, 0.1) is 19.8 Å². The zero-order valence-electron chi connectivity index (χ0n) is 9.43. The van der Waals surface area contributed by atoms with E-state index in [1.54, 1.807) is 14.2 Å². The lowest BCUT2D eigenvalue weighted by molar-refractivity contribution is 0.0565. The van der Waals surface area contributed by atoms with Crippen molar-refractivity contribution in [2.45, 2.75) is 13.0 Å². The highest BCUT2D eigenvalue weighted by molar-refractivity contribution is 5.30. The molecule has 0 amide bonds. The summed E-state index contributed by atoms with van der Waals surface area (Å²) in [4.78, 5) is 0. The largest absolute Gasteiger partial charge is 0.497 e. The van der Waals surface area contributed by atoms with Gasteiger partial charge >= 0.3 is 0 Å². The molecule has 0 aliphatic heterocycles. The maximum Gasteiger partial charge on any atom is 0.119 e. The first-order valence-corrected chi connectivity index (χ1v) is 5.00. The Morgan fingerprint density at radius 1 is 1.33 bits per heavy atom. The molecule has 0 aromatic heterocycles. The molecule has 1 aromatic rings. The van der Waals surface area contributed by atoms with Crippen LogP contribution in [0.2, 0.25) is 0 Å². The standard InChI is InChI=1S/C12H18O3/c1-9(8-14-2)12(13)10-5-4-6-11(7-10)15-3/h4-7,9,12-13H,8H2,1-3H3. The van der Waals surface area contributed by atoms with Gasteiger partial charge in [-0.15, -0.1) is 0 Å². The molecule has 1 rings (SSSR count). The van der Waals surface area contributed by atoms with Crippen molar-refractivity contribution in [3.05, 3.63) is 29.8 Å². The number of methoxy groups -OCH3 is 2. The molecule has 0 fully saturated rings. The predicted molar refractivity (Wildman–Crippen MR) is 59.0 cm³/mol. The van der Waals surface area contributed by atoms with Gasteiger partial charge in [0, 0.05) is 13.0 Å². The molecule has 1 aromatic carbocycles. The van der Waals surface area contributed by atoms with Crippen LogP contribution in [0.4, 0.5) is 0 Å². The maximum absolute atomic E-state index is 10.0. The second-order valence-electron chi connectivity index (χ2n) is 3.65. The molecule has 0 saturated carbocycles. The average molecular weight is 210 g/mol. The third-order valence-corrected chi connectivity index (χ3v) is 2.40. The summed E-state index contributed by atoms with van der Waals surface area (Å²) >= 11 is 0. The van der Waals surface area contributed by atoms with Crippen LogP contribution in [-0.4, -0.2) is 25.9 Å². The number of aliphatic hydroxyl groups is 1. The first-order valence-electron chi connectivity index (χ1n) is 5.00. The van der Waals surface area contributed by atoms with Crippen LogP contribution in [0, 0.1) is 5.92 Å². The Bertz CT molecular complexity index is 299. The van der Waals surface area contributed by atoms with Crippen molar-refractivity contribution in [1.29, 1.82) is 0 Å². The highest BCUT2D eigenvalue weighted by Gasteiger charge is 2.16. The van der Waals surface area contributed by atoms with E-state index in [0.717, 1.165) is 11.3 Å². The summed E-state index contributed by atoms with van der Waals surface area (Å²) in [5, 5.41) is 10.0. The van der Waals surface area contributed by atoms with E-state index in [4.69, 9.17) is 9.47 Å². The molecule has 0 spiro atoms. The Balaban J connectivity index is 2.76. The van der Waals surface area contributed by atoms with Gasteiger partial charge in [-0.3, -0.25) is 0 Å². The van der Waals surface area contributed by atoms with Gasteiger partial charge in [-0.2, -0.15) is 0 Å². The average Bonchev–Trinajstić information content (AvgIpc) is 2.28. The number of hydrogen-bond acceptors (Lipinski definition) is 3. The molecule has 15 heavy (non-hydrogen) atoms. The second-order valence-corrected chi connectivity index (χ2v) is 3.65. The van der Waals surface area contributed by atoms with E-state index in [2.05, 4.69) is 0 Å². The fourth-order valence-corrected chi connectivity index (χ4v) is 1.51. The highest BCUT2D eigenvalue weighted by atomic mass is 16.5. The maximum atomic E-state index is 10.0. The van der Waals surface area contributed by atoms with Crippen molar-refractivity contribution in [3.63, 3.8) is 0 Å². The third kappa shape index (κ3) is 3.22. The molecule has 0 aliphatic carbocycles. The highest BCUT2D eigenvalue weighted by Crippen LogP contribution is 2.24. The molecule has 0 radical (unpaired) electrons. The number of benzene rings is 1. The minimum atomic E-state index is -0.514. The van der Waals surface area contributed by atoms with Crippen molar-refractivity contribution in [1.82, 2.24) is 0 Å². The lowest BCUT2D eigenvalue weighted by Crippen LogP contribution is -2.14. The van der Waals surface area contributed by atoms with Crippen molar-refractivity contribution in [3.8, 4) is 5.75 Å². The van der Waals surface area contributed by atoms with Crippen LogP contribution in [0.1, 0.15) is 18.6 Å². The first kappa shape index (κ1) is 12.0. The number of aliphatic hydroxyl groups excluding tert-OH is 1. The van der Waals surface area contributed by atoms with Crippen molar-refractivity contribution in [2.75, 3.05) is 20.8 Å². The summed E-state index contributed by atoms with van der Waals surface area (Å²) in [5.74, 6) is 0.832. The molecule has 3 heteroatoms. The fraction of sp³-hybridized carbons (Fsp3) is 0.500. The van der Waals surface area contributed by atoms with Crippen molar-refractivity contribution < 1.29 is 14.6 Å². The molecule has 1 N–H and O–H groups in total. The van der Waals surface area contributed by atoms with Crippen molar-refractivity contribution in [2.24, 2.45) is 5.92 Å². The molecule has 0 aliphatic rings. The van der Waals surface area contributed by atoms with Crippen LogP contribution in [0.15, 0.2) is 24.3 Å². The normalized spacial score (nSPS) is 14.7. The van der Waals surface area contributed by atoms with Crippen LogP contribution >= 0.6 is 0 Å². The van der Waals surface area contributed by atoms with E-state index in [1.807, 2.05) is 31.2 Å². The van der Waals surface area contributed by atoms with Crippen LogP contribution in [0.5, 0.6) is 5.75 Å². The molecule has 0 heterocycles. The van der Waals surface area contributed by atoms with E-state index in [-0.39, 0.29) is 5.92 Å². The molecule has 84 valence electrons. The van der Waals surface area contributed by atoms with Gasteiger partial charge < -0.3 is 14.6 Å². The van der Waals surface area contributed by atoms with Gasteiger partial charge in [-0.05, 0) is 17.7 Å². The van der Waals surface area contributed by atoms with Gasteiger partial charge in [0.25, 0.3) is 0 Å². The SMILES string of the molecule is COCC(C)C(O)c1cccc(OC)c1. The van der Waals surface area contributed by atoms with E-state index < -0.39 is 6.10 Å². The number of hydrogen-bond donors (Lipinski definition) is 1. The Labute approximate surface area is 90.6 Å². The Morgan fingerprint density at radius 2 is 2.07 bits per heavy atom. The molecule has 3 nitrogen and oxygen atoms in total. The van der Waals surface area contributed by atoms with Gasteiger partial charge in [-0.25, -0.2) is 0 Å². The summed E-state index contributed by atoms with van der Waals surface area (Å²) in [7, 11) is 3.25. The molecule has 2 atom stereocenters. The number of ether oxygens (including phenoxy) is 2. The van der Waals surface area contributed by atoms with Crippen LogP contribution in [0.25, 0.3) is 0 Å². The zero-order chi connectivity index (χ0) is 11.3. The van der Waals surface area contributed by atoms with E-state index >= 15 is 0 Å². The summed E-state index contributed by atoms with van der Waals surface area (Å²) in [6, 6.07) is 7.46. The predicted octanol–water partition coefficient (Wildman–Crippen LogP) is 2.01. The van der Waals surface area contributed by atoms with Gasteiger partial charge in [-0.1, -0.05) is 19.1 Å². The Morgan fingerprint density at radius 3 is 2.67 bits per heavy atom. The zero-order valence-corrected chi connectivity index (χ0v) is 9.43. The second kappa shape index (κ2) is 5.73. The van der Waals surface area contributed by atoms with Crippen LogP contribution in [0.3, 0.4) is 0 Å². The molecule has 2 unspecified atom stereocenters.